The minimum atomic E-state index is -0.212. The quantitative estimate of drug-likeness (QED) is 0.289. The van der Waals surface area contributed by atoms with E-state index in [0.29, 0.717) is 5.57 Å². The van der Waals surface area contributed by atoms with Gasteiger partial charge in [0.2, 0.25) is 0 Å². The third-order valence-corrected chi connectivity index (χ3v) is 4.57. The maximum atomic E-state index is 11.6. The molecule has 2 unspecified atom stereocenters. The predicted molar refractivity (Wildman–Crippen MR) is 89.3 cm³/mol. The van der Waals surface area contributed by atoms with Gasteiger partial charge in [0.15, 0.2) is 0 Å². The van der Waals surface area contributed by atoms with Gasteiger partial charge < -0.3 is 4.74 Å². The molecule has 0 spiro atoms. The second-order valence-electron chi connectivity index (χ2n) is 6.75. The first-order valence-corrected chi connectivity index (χ1v) is 9.00. The third-order valence-electron chi connectivity index (χ3n) is 4.57. The lowest BCUT2D eigenvalue weighted by atomic mass is 9.83. The average molecular weight is 294 g/mol. The number of carbonyl (C=O) groups excluding carboxylic acids is 1. The molecule has 1 saturated carbocycles. The van der Waals surface area contributed by atoms with Gasteiger partial charge in [-0.15, -0.1) is 0 Å². The second-order valence-corrected chi connectivity index (χ2v) is 6.75. The fourth-order valence-electron chi connectivity index (χ4n) is 3.25. The summed E-state index contributed by atoms with van der Waals surface area (Å²) in [6, 6.07) is 0. The maximum Gasteiger partial charge on any atom is 0.333 e. The lowest BCUT2D eigenvalue weighted by Crippen LogP contribution is -2.25. The second kappa shape index (κ2) is 10.9. The summed E-state index contributed by atoms with van der Waals surface area (Å²) in [5.74, 6) is 0.550. The molecule has 0 amide bonds. The van der Waals surface area contributed by atoms with Crippen LogP contribution in [0.3, 0.4) is 0 Å². The van der Waals surface area contributed by atoms with E-state index in [2.05, 4.69) is 13.5 Å². The molecular formula is C19H34O2. The van der Waals surface area contributed by atoms with Crippen LogP contribution in [0.4, 0.5) is 0 Å². The molecule has 0 N–H and O–H groups in total. The molecule has 1 aliphatic rings. The predicted octanol–water partition coefficient (Wildman–Crippen LogP) is 5.81. The van der Waals surface area contributed by atoms with Crippen molar-refractivity contribution in [3.8, 4) is 0 Å². The molecule has 21 heavy (non-hydrogen) atoms. The molecule has 2 nitrogen and oxygen atoms in total. The van der Waals surface area contributed by atoms with Crippen molar-refractivity contribution in [1.82, 2.24) is 0 Å². The Morgan fingerprint density at radius 1 is 1.10 bits per heavy atom. The van der Waals surface area contributed by atoms with E-state index in [4.69, 9.17) is 4.74 Å². The first-order valence-electron chi connectivity index (χ1n) is 9.00. The van der Waals surface area contributed by atoms with Crippen LogP contribution < -0.4 is 0 Å². The molecule has 0 aliphatic heterocycles. The highest BCUT2D eigenvalue weighted by molar-refractivity contribution is 5.87. The Balaban J connectivity index is 2.09. The zero-order valence-corrected chi connectivity index (χ0v) is 14.2. The summed E-state index contributed by atoms with van der Waals surface area (Å²) in [5.41, 5.74) is 0.518. The van der Waals surface area contributed by atoms with Crippen LogP contribution in [0.2, 0.25) is 0 Å². The van der Waals surface area contributed by atoms with Crippen molar-refractivity contribution in [1.29, 1.82) is 0 Å². The SMILES string of the molecule is C=C(C)C(=O)OC1CCCC(CCCCCCCCC)C1. The number of esters is 1. The van der Waals surface area contributed by atoms with Crippen molar-refractivity contribution < 1.29 is 9.53 Å². The van der Waals surface area contributed by atoms with E-state index >= 15 is 0 Å². The highest BCUT2D eigenvalue weighted by Crippen LogP contribution is 2.30. The summed E-state index contributed by atoms with van der Waals surface area (Å²) in [6.07, 6.45) is 15.7. The average Bonchev–Trinajstić information content (AvgIpc) is 2.46. The molecule has 0 saturated heterocycles. The van der Waals surface area contributed by atoms with Crippen LogP contribution in [0, 0.1) is 5.92 Å². The molecule has 1 aliphatic carbocycles. The van der Waals surface area contributed by atoms with Gasteiger partial charge in [-0.3, -0.25) is 0 Å². The van der Waals surface area contributed by atoms with Gasteiger partial charge in [-0.05, 0) is 32.1 Å². The zero-order valence-electron chi connectivity index (χ0n) is 14.2. The van der Waals surface area contributed by atoms with E-state index < -0.39 is 0 Å². The summed E-state index contributed by atoms with van der Waals surface area (Å²) < 4.78 is 5.52. The smallest absolute Gasteiger partial charge is 0.333 e. The standard InChI is InChI=1S/C19H34O2/c1-4-5-6-7-8-9-10-12-17-13-11-14-18(15-17)21-19(20)16(2)3/h17-18H,2,4-15H2,1,3H3. The Morgan fingerprint density at radius 3 is 2.43 bits per heavy atom. The molecule has 1 fully saturated rings. The van der Waals surface area contributed by atoms with Crippen molar-refractivity contribution in [3.05, 3.63) is 12.2 Å². The van der Waals surface area contributed by atoms with Crippen molar-refractivity contribution in [2.45, 2.75) is 97.0 Å². The fraction of sp³-hybridized carbons (Fsp3) is 0.842. The topological polar surface area (TPSA) is 26.3 Å². The summed E-state index contributed by atoms with van der Waals surface area (Å²) in [4.78, 5) is 11.6. The Labute approximate surface area is 131 Å². The normalized spacial score (nSPS) is 22.0. The van der Waals surface area contributed by atoms with Crippen LogP contribution in [-0.2, 0) is 9.53 Å². The molecule has 0 aromatic carbocycles. The summed E-state index contributed by atoms with van der Waals surface area (Å²) >= 11 is 0. The number of ether oxygens (including phenoxy) is 1. The lowest BCUT2D eigenvalue weighted by Gasteiger charge is -2.29. The zero-order chi connectivity index (χ0) is 15.5. The van der Waals surface area contributed by atoms with E-state index in [-0.39, 0.29) is 12.1 Å². The Morgan fingerprint density at radius 2 is 1.76 bits per heavy atom. The fourth-order valence-corrected chi connectivity index (χ4v) is 3.25. The number of hydrogen-bond donors (Lipinski definition) is 0. The molecular weight excluding hydrogens is 260 g/mol. The number of hydrogen-bond acceptors (Lipinski definition) is 2. The highest BCUT2D eigenvalue weighted by Gasteiger charge is 2.24. The van der Waals surface area contributed by atoms with Crippen molar-refractivity contribution in [3.63, 3.8) is 0 Å². The van der Waals surface area contributed by atoms with Gasteiger partial charge in [-0.25, -0.2) is 4.79 Å². The molecule has 0 radical (unpaired) electrons. The van der Waals surface area contributed by atoms with Gasteiger partial charge in [-0.2, -0.15) is 0 Å². The first kappa shape index (κ1) is 18.3. The van der Waals surface area contributed by atoms with Gasteiger partial charge in [-0.1, -0.05) is 71.3 Å². The molecule has 0 heterocycles. The Kier molecular flexibility index (Phi) is 9.45. The van der Waals surface area contributed by atoms with E-state index in [9.17, 15) is 4.79 Å². The molecule has 0 aromatic rings. The monoisotopic (exact) mass is 294 g/mol. The van der Waals surface area contributed by atoms with Gasteiger partial charge in [0.25, 0.3) is 0 Å². The van der Waals surface area contributed by atoms with Gasteiger partial charge in [0.1, 0.15) is 6.10 Å². The lowest BCUT2D eigenvalue weighted by molar-refractivity contribution is -0.146. The van der Waals surface area contributed by atoms with Crippen molar-refractivity contribution >= 4 is 5.97 Å². The Hall–Kier alpha value is -0.790. The summed E-state index contributed by atoms with van der Waals surface area (Å²) in [7, 11) is 0. The van der Waals surface area contributed by atoms with Crippen LogP contribution in [0.15, 0.2) is 12.2 Å². The number of carbonyl (C=O) groups is 1. The molecule has 2 atom stereocenters. The summed E-state index contributed by atoms with van der Waals surface area (Å²) in [6.45, 7) is 7.64. The van der Waals surface area contributed by atoms with Crippen LogP contribution in [-0.4, -0.2) is 12.1 Å². The minimum absolute atomic E-state index is 0.137. The molecule has 0 aromatic heterocycles. The molecule has 0 bridgehead atoms. The van der Waals surface area contributed by atoms with Gasteiger partial charge in [0, 0.05) is 5.57 Å². The molecule has 122 valence electrons. The Bertz CT molecular complexity index is 309. The van der Waals surface area contributed by atoms with Crippen LogP contribution in [0.1, 0.15) is 90.9 Å². The largest absolute Gasteiger partial charge is 0.459 e. The van der Waals surface area contributed by atoms with Crippen molar-refractivity contribution in [2.75, 3.05) is 0 Å². The van der Waals surface area contributed by atoms with Crippen LogP contribution >= 0.6 is 0 Å². The molecule has 2 heteroatoms. The van der Waals surface area contributed by atoms with Gasteiger partial charge >= 0.3 is 5.97 Å². The third kappa shape index (κ3) is 8.28. The van der Waals surface area contributed by atoms with Crippen molar-refractivity contribution in [2.24, 2.45) is 5.92 Å². The number of unbranched alkanes of at least 4 members (excludes halogenated alkanes) is 6. The van der Waals surface area contributed by atoms with E-state index in [1.54, 1.807) is 6.92 Å². The van der Waals surface area contributed by atoms with E-state index in [0.717, 1.165) is 18.8 Å². The molecule has 1 rings (SSSR count). The first-order chi connectivity index (χ1) is 10.1. The highest BCUT2D eigenvalue weighted by atomic mass is 16.5. The van der Waals surface area contributed by atoms with E-state index in [1.165, 1.54) is 64.2 Å². The van der Waals surface area contributed by atoms with Crippen LogP contribution in [0.25, 0.3) is 0 Å². The summed E-state index contributed by atoms with van der Waals surface area (Å²) in [5, 5.41) is 0. The maximum absolute atomic E-state index is 11.6. The number of rotatable bonds is 10. The minimum Gasteiger partial charge on any atom is -0.459 e. The van der Waals surface area contributed by atoms with Crippen LogP contribution in [0.5, 0.6) is 0 Å². The van der Waals surface area contributed by atoms with Gasteiger partial charge in [0.05, 0.1) is 0 Å². The van der Waals surface area contributed by atoms with E-state index in [1.807, 2.05) is 0 Å².